The average Bonchev–Trinajstić information content (AvgIpc) is 2.65. The molecule has 2 aromatic carbocycles. The van der Waals surface area contributed by atoms with Gasteiger partial charge in [0.25, 0.3) is 10.1 Å². The van der Waals surface area contributed by atoms with Gasteiger partial charge in [0.1, 0.15) is 11.5 Å². The summed E-state index contributed by atoms with van der Waals surface area (Å²) in [5, 5.41) is 12.5. The van der Waals surface area contributed by atoms with Crippen LogP contribution in [0.25, 0.3) is 0 Å². The molecule has 0 aliphatic heterocycles. The van der Waals surface area contributed by atoms with Crippen LogP contribution in [0.2, 0.25) is 0 Å². The maximum absolute atomic E-state index is 12.5. The predicted molar refractivity (Wildman–Crippen MR) is 109 cm³/mol. The van der Waals surface area contributed by atoms with E-state index in [1.165, 1.54) is 38.2 Å². The van der Waals surface area contributed by atoms with E-state index < -0.39 is 20.8 Å². The molecule has 0 saturated carbocycles. The Morgan fingerprint density at radius 3 is 2.10 bits per heavy atom. The Morgan fingerprint density at radius 2 is 1.52 bits per heavy atom. The van der Waals surface area contributed by atoms with Gasteiger partial charge >= 0.3 is 51.4 Å². The van der Waals surface area contributed by atoms with Crippen LogP contribution in [0.4, 0.5) is 0 Å². The summed E-state index contributed by atoms with van der Waals surface area (Å²) in [7, 11) is -4.48. The monoisotopic (exact) mass is 444 g/mol. The first-order valence-corrected chi connectivity index (χ1v) is 11.4. The second-order valence-corrected chi connectivity index (χ2v) is 8.43. The van der Waals surface area contributed by atoms with E-state index in [9.17, 15) is 18.1 Å². The van der Waals surface area contributed by atoms with Crippen LogP contribution in [-0.2, 0) is 16.5 Å². The summed E-state index contributed by atoms with van der Waals surface area (Å²) in [6.07, 6.45) is 9.70. The molecular formula is C22H29KO5S. The Kier molecular flexibility index (Phi) is 12.7. The van der Waals surface area contributed by atoms with Crippen molar-refractivity contribution in [1.82, 2.24) is 0 Å². The van der Waals surface area contributed by atoms with E-state index in [0.717, 1.165) is 25.3 Å². The minimum absolute atomic E-state index is 0. The van der Waals surface area contributed by atoms with Crippen LogP contribution in [-0.4, -0.2) is 13.0 Å². The molecule has 0 atom stereocenters. The third-order valence-corrected chi connectivity index (χ3v) is 5.52. The normalized spacial score (nSPS) is 11.1. The van der Waals surface area contributed by atoms with Gasteiger partial charge in [-0.2, -0.15) is 8.42 Å². The molecule has 2 aromatic rings. The minimum atomic E-state index is -4.48. The zero-order valence-electron chi connectivity index (χ0n) is 17.4. The SMILES string of the molecule is CCCCCCCCCCc1c([O-])cc(S(=O)(=O)O)cc1Oc1ccccc1.[K+]. The fraction of sp³-hybridized carbons (Fsp3) is 0.455. The van der Waals surface area contributed by atoms with Crippen LogP contribution >= 0.6 is 0 Å². The molecule has 0 bridgehead atoms. The van der Waals surface area contributed by atoms with Crippen molar-refractivity contribution in [3.05, 3.63) is 48.0 Å². The smallest absolute Gasteiger partial charge is 0.872 e. The fourth-order valence-electron chi connectivity index (χ4n) is 3.13. The first-order valence-electron chi connectivity index (χ1n) is 9.96. The average molecular weight is 445 g/mol. The Balaban J connectivity index is 0.00000420. The van der Waals surface area contributed by atoms with Crippen molar-refractivity contribution in [2.24, 2.45) is 0 Å². The van der Waals surface area contributed by atoms with E-state index >= 15 is 0 Å². The van der Waals surface area contributed by atoms with Gasteiger partial charge in [-0.25, -0.2) is 0 Å². The van der Waals surface area contributed by atoms with Crippen molar-refractivity contribution in [1.29, 1.82) is 0 Å². The van der Waals surface area contributed by atoms with E-state index in [1.807, 2.05) is 6.07 Å². The molecule has 0 radical (unpaired) electrons. The first-order chi connectivity index (χ1) is 13.4. The number of hydrogen-bond acceptors (Lipinski definition) is 4. The van der Waals surface area contributed by atoms with Crippen molar-refractivity contribution in [3.8, 4) is 17.2 Å². The van der Waals surface area contributed by atoms with Crippen molar-refractivity contribution in [2.45, 2.75) is 69.6 Å². The van der Waals surface area contributed by atoms with Gasteiger partial charge in [0.2, 0.25) is 0 Å². The molecule has 1 N–H and O–H groups in total. The van der Waals surface area contributed by atoms with Gasteiger partial charge in [0.05, 0.1) is 4.90 Å². The fourth-order valence-corrected chi connectivity index (χ4v) is 3.65. The zero-order valence-corrected chi connectivity index (χ0v) is 21.3. The zero-order chi connectivity index (χ0) is 20.4. The summed E-state index contributed by atoms with van der Waals surface area (Å²) >= 11 is 0. The van der Waals surface area contributed by atoms with Crippen LogP contribution in [0.15, 0.2) is 47.4 Å². The van der Waals surface area contributed by atoms with Gasteiger partial charge in [-0.05, 0) is 36.6 Å². The van der Waals surface area contributed by atoms with Crippen LogP contribution < -0.4 is 61.2 Å². The maximum Gasteiger partial charge on any atom is 1.00 e. The second kappa shape index (κ2) is 13.8. The molecule has 2 rings (SSSR count). The molecule has 0 fully saturated rings. The van der Waals surface area contributed by atoms with E-state index in [0.29, 0.717) is 17.7 Å². The molecule has 29 heavy (non-hydrogen) atoms. The van der Waals surface area contributed by atoms with Crippen LogP contribution in [0, 0.1) is 0 Å². The van der Waals surface area contributed by atoms with Crippen molar-refractivity contribution < 1.29 is 74.2 Å². The number of hydrogen-bond donors (Lipinski definition) is 1. The van der Waals surface area contributed by atoms with E-state index in [4.69, 9.17) is 4.74 Å². The molecule has 0 amide bonds. The molecule has 0 aromatic heterocycles. The van der Waals surface area contributed by atoms with Crippen LogP contribution in [0.1, 0.15) is 63.9 Å². The summed E-state index contributed by atoms with van der Waals surface area (Å²) in [4.78, 5) is -0.442. The molecule has 154 valence electrons. The van der Waals surface area contributed by atoms with Gasteiger partial charge in [-0.1, -0.05) is 70.1 Å². The van der Waals surface area contributed by atoms with Crippen molar-refractivity contribution >= 4 is 10.1 Å². The molecule has 0 aliphatic carbocycles. The Morgan fingerprint density at radius 1 is 0.931 bits per heavy atom. The largest absolute Gasteiger partial charge is 1.00 e. The predicted octanol–water partition coefficient (Wildman–Crippen LogP) is 2.49. The molecule has 0 aliphatic rings. The standard InChI is InChI=1S/C22H30O5S.K/c1-2-3-4-5-6-7-8-12-15-20-21(23)16-19(28(24,25)26)17-22(20)27-18-13-10-9-11-14-18;/h9-11,13-14,16-17,23H,2-8,12,15H2,1H3,(H,24,25,26);/q;+1/p-1. The molecule has 0 heterocycles. The number of unbranched alkanes of at least 4 members (excludes halogenated alkanes) is 7. The van der Waals surface area contributed by atoms with Gasteiger partial charge in [-0.15, -0.1) is 5.75 Å². The number of para-hydroxylation sites is 1. The number of benzene rings is 2. The van der Waals surface area contributed by atoms with Crippen LogP contribution in [0.3, 0.4) is 0 Å². The van der Waals surface area contributed by atoms with Crippen molar-refractivity contribution in [3.63, 3.8) is 0 Å². The summed E-state index contributed by atoms with van der Waals surface area (Å²) in [6.45, 7) is 2.20. The summed E-state index contributed by atoms with van der Waals surface area (Å²) in [5.74, 6) is 0.268. The second-order valence-electron chi connectivity index (χ2n) is 7.01. The third kappa shape index (κ3) is 9.51. The van der Waals surface area contributed by atoms with Gasteiger partial charge in [-0.3, -0.25) is 4.55 Å². The summed E-state index contributed by atoms with van der Waals surface area (Å²) in [6, 6.07) is 11.1. The van der Waals surface area contributed by atoms with Gasteiger partial charge < -0.3 is 9.84 Å². The van der Waals surface area contributed by atoms with E-state index in [1.54, 1.807) is 24.3 Å². The molecular weight excluding hydrogens is 415 g/mol. The van der Waals surface area contributed by atoms with E-state index in [2.05, 4.69) is 6.92 Å². The Bertz CT molecular complexity index is 838. The Hall–Kier alpha value is -0.414. The summed E-state index contributed by atoms with van der Waals surface area (Å²) in [5.41, 5.74) is 0.447. The molecule has 7 heteroatoms. The molecule has 5 nitrogen and oxygen atoms in total. The third-order valence-electron chi connectivity index (χ3n) is 4.69. The van der Waals surface area contributed by atoms with Gasteiger partial charge in [0, 0.05) is 6.07 Å². The number of ether oxygens (including phenoxy) is 1. The summed E-state index contributed by atoms with van der Waals surface area (Å²) < 4.78 is 38.0. The quantitative estimate of drug-likeness (QED) is 0.309. The molecule has 0 spiro atoms. The first kappa shape index (κ1) is 26.6. The molecule has 0 saturated heterocycles. The molecule has 0 unspecified atom stereocenters. The minimum Gasteiger partial charge on any atom is -0.872 e. The van der Waals surface area contributed by atoms with Gasteiger partial charge in [0.15, 0.2) is 0 Å². The Labute approximate surface area is 217 Å². The van der Waals surface area contributed by atoms with Crippen LogP contribution in [0.5, 0.6) is 17.2 Å². The van der Waals surface area contributed by atoms with E-state index in [-0.39, 0.29) is 57.1 Å². The van der Waals surface area contributed by atoms with Crippen molar-refractivity contribution in [2.75, 3.05) is 0 Å². The topological polar surface area (TPSA) is 86.7 Å². The maximum atomic E-state index is 12.5. The number of rotatable bonds is 12.